The van der Waals surface area contributed by atoms with Crippen molar-refractivity contribution in [3.05, 3.63) is 16.6 Å². The summed E-state index contributed by atoms with van der Waals surface area (Å²) in [7, 11) is 1.81. The Kier molecular flexibility index (Phi) is 6.01. The van der Waals surface area contributed by atoms with Crippen LogP contribution in [-0.2, 0) is 16.6 Å². The number of rotatable bonds is 7. The summed E-state index contributed by atoms with van der Waals surface area (Å²) in [6, 6.07) is -0.0676. The van der Waals surface area contributed by atoms with Crippen LogP contribution < -0.4 is 10.6 Å². The Morgan fingerprint density at radius 1 is 1.27 bits per heavy atom. The number of carboxylic acid groups (broad SMARTS) is 1. The fraction of sp³-hybridized carbons (Fsp3) is 0.529. The van der Waals surface area contributed by atoms with Crippen LogP contribution >= 0.6 is 11.3 Å². The summed E-state index contributed by atoms with van der Waals surface area (Å²) in [5, 5.41) is 19.5. The largest absolute Gasteiger partial charge is 0.480 e. The molecule has 26 heavy (non-hydrogen) atoms. The average molecular weight is 380 g/mol. The van der Waals surface area contributed by atoms with Crippen LogP contribution in [-0.4, -0.2) is 44.8 Å². The molecule has 3 N–H and O–H groups in total. The summed E-state index contributed by atoms with van der Waals surface area (Å²) >= 11 is 1.30. The van der Waals surface area contributed by atoms with Gasteiger partial charge in [0.1, 0.15) is 16.9 Å². The van der Waals surface area contributed by atoms with E-state index in [4.69, 9.17) is 0 Å². The van der Waals surface area contributed by atoms with Crippen LogP contribution in [0.25, 0.3) is 10.2 Å². The number of amides is 2. The van der Waals surface area contributed by atoms with E-state index in [1.54, 1.807) is 10.7 Å². The van der Waals surface area contributed by atoms with Gasteiger partial charge in [-0.2, -0.15) is 5.10 Å². The molecule has 0 aliphatic rings. The molecule has 142 valence electrons. The van der Waals surface area contributed by atoms with Crippen LogP contribution in [0.2, 0.25) is 0 Å². The predicted molar refractivity (Wildman–Crippen MR) is 99.3 cm³/mol. The van der Waals surface area contributed by atoms with Gasteiger partial charge in [-0.15, -0.1) is 11.3 Å². The van der Waals surface area contributed by atoms with Gasteiger partial charge in [0.05, 0.1) is 10.6 Å². The standard InChI is InChI=1S/C17H24N4O4S/c1-8(2)6-12(17(24)25)19-14(22)10(4)18-15(23)13-7-11-9(3)20-21(5)16(11)26-13/h7-8,10,12H,6H2,1-5H3,(H,18,23)(H,19,22)(H,24,25). The van der Waals surface area contributed by atoms with E-state index in [0.29, 0.717) is 11.3 Å². The van der Waals surface area contributed by atoms with Crippen molar-refractivity contribution in [2.75, 3.05) is 0 Å². The topological polar surface area (TPSA) is 113 Å². The number of thiophene rings is 1. The molecule has 2 rings (SSSR count). The molecule has 2 amide bonds. The van der Waals surface area contributed by atoms with Gasteiger partial charge >= 0.3 is 5.97 Å². The summed E-state index contributed by atoms with van der Waals surface area (Å²) < 4.78 is 1.71. The zero-order chi connectivity index (χ0) is 19.6. The molecule has 0 aromatic carbocycles. The van der Waals surface area contributed by atoms with Crippen molar-refractivity contribution in [3.8, 4) is 0 Å². The van der Waals surface area contributed by atoms with Crippen molar-refractivity contribution in [2.45, 2.75) is 46.2 Å². The minimum atomic E-state index is -1.09. The second kappa shape index (κ2) is 7.86. The first-order chi connectivity index (χ1) is 12.1. The van der Waals surface area contributed by atoms with Gasteiger partial charge in [-0.05, 0) is 32.3 Å². The molecule has 0 saturated heterocycles. The van der Waals surface area contributed by atoms with Crippen LogP contribution in [0.5, 0.6) is 0 Å². The molecule has 2 heterocycles. The third-order valence-electron chi connectivity index (χ3n) is 3.98. The van der Waals surface area contributed by atoms with Gasteiger partial charge in [-0.1, -0.05) is 13.8 Å². The molecular formula is C17H24N4O4S. The molecule has 2 unspecified atom stereocenters. The van der Waals surface area contributed by atoms with Gasteiger partial charge in [0.15, 0.2) is 0 Å². The molecule has 2 aromatic rings. The van der Waals surface area contributed by atoms with Crippen LogP contribution in [0.1, 0.15) is 42.6 Å². The number of carbonyl (C=O) groups is 3. The number of aryl methyl sites for hydroxylation is 2. The number of nitrogens with zero attached hydrogens (tertiary/aromatic N) is 2. The van der Waals surface area contributed by atoms with Crippen molar-refractivity contribution in [3.63, 3.8) is 0 Å². The third-order valence-corrected chi connectivity index (χ3v) is 5.18. The number of hydrogen-bond acceptors (Lipinski definition) is 5. The van der Waals surface area contributed by atoms with Gasteiger partial charge in [0.2, 0.25) is 5.91 Å². The highest BCUT2D eigenvalue weighted by molar-refractivity contribution is 7.20. The van der Waals surface area contributed by atoms with Gasteiger partial charge in [-0.3, -0.25) is 14.3 Å². The first-order valence-electron chi connectivity index (χ1n) is 8.37. The maximum atomic E-state index is 12.4. The maximum absolute atomic E-state index is 12.4. The van der Waals surface area contributed by atoms with E-state index < -0.39 is 24.0 Å². The van der Waals surface area contributed by atoms with E-state index >= 15 is 0 Å². The molecule has 0 bridgehead atoms. The van der Waals surface area contributed by atoms with Crippen molar-refractivity contribution in [1.29, 1.82) is 0 Å². The van der Waals surface area contributed by atoms with E-state index in [0.717, 1.165) is 15.9 Å². The molecule has 8 nitrogen and oxygen atoms in total. The van der Waals surface area contributed by atoms with Gasteiger partial charge in [0.25, 0.3) is 5.91 Å². The van der Waals surface area contributed by atoms with E-state index in [-0.39, 0.29) is 11.8 Å². The monoisotopic (exact) mass is 380 g/mol. The number of carboxylic acids is 1. The number of aliphatic carboxylic acids is 1. The first kappa shape index (κ1) is 19.9. The maximum Gasteiger partial charge on any atom is 0.326 e. The minimum Gasteiger partial charge on any atom is -0.480 e. The van der Waals surface area contributed by atoms with Gasteiger partial charge < -0.3 is 15.7 Å². The third kappa shape index (κ3) is 4.40. The molecule has 0 aliphatic heterocycles. The molecule has 0 aliphatic carbocycles. The molecule has 0 spiro atoms. The van der Waals surface area contributed by atoms with E-state index in [1.165, 1.54) is 18.3 Å². The Bertz CT molecular complexity index is 805. The molecule has 9 heteroatoms. The van der Waals surface area contributed by atoms with Crippen molar-refractivity contribution < 1.29 is 19.5 Å². The first-order valence-corrected chi connectivity index (χ1v) is 9.19. The summed E-state index contributed by atoms with van der Waals surface area (Å²) in [6.45, 7) is 7.16. The Balaban J connectivity index is 2.03. The number of carbonyl (C=O) groups excluding carboxylic acids is 2. The minimum absolute atomic E-state index is 0.122. The highest BCUT2D eigenvalue weighted by atomic mass is 32.1. The summed E-state index contributed by atoms with van der Waals surface area (Å²) in [6.07, 6.45) is 0.324. The quantitative estimate of drug-likeness (QED) is 0.676. The van der Waals surface area contributed by atoms with Crippen molar-refractivity contribution in [2.24, 2.45) is 13.0 Å². The Hall–Kier alpha value is -2.42. The fourth-order valence-electron chi connectivity index (χ4n) is 2.64. The molecule has 2 atom stereocenters. The number of nitrogens with one attached hydrogen (secondary N) is 2. The average Bonchev–Trinajstić information content (AvgIpc) is 3.08. The summed E-state index contributed by atoms with van der Waals surface area (Å²) in [5.74, 6) is -1.86. The fourth-order valence-corrected chi connectivity index (χ4v) is 3.67. The molecular weight excluding hydrogens is 356 g/mol. The van der Waals surface area contributed by atoms with Crippen LogP contribution in [0.3, 0.4) is 0 Å². The zero-order valence-corrected chi connectivity index (χ0v) is 16.3. The molecule has 0 radical (unpaired) electrons. The Labute approximate surface area is 155 Å². The second-order valence-electron chi connectivity index (χ2n) is 6.76. The zero-order valence-electron chi connectivity index (χ0n) is 15.5. The lowest BCUT2D eigenvalue weighted by Gasteiger charge is -2.19. The van der Waals surface area contributed by atoms with Gasteiger partial charge in [0, 0.05) is 12.4 Å². The van der Waals surface area contributed by atoms with Crippen LogP contribution in [0, 0.1) is 12.8 Å². The highest BCUT2D eigenvalue weighted by Gasteiger charge is 2.25. The Morgan fingerprint density at radius 2 is 1.92 bits per heavy atom. The van der Waals surface area contributed by atoms with Crippen LogP contribution in [0.15, 0.2) is 6.07 Å². The van der Waals surface area contributed by atoms with E-state index in [9.17, 15) is 19.5 Å². The second-order valence-corrected chi connectivity index (χ2v) is 7.79. The normalized spacial score (nSPS) is 13.6. The lowest BCUT2D eigenvalue weighted by Crippen LogP contribution is -2.50. The molecule has 0 saturated carbocycles. The lowest BCUT2D eigenvalue weighted by atomic mass is 10.0. The predicted octanol–water partition coefficient (Wildman–Crippen LogP) is 1.68. The summed E-state index contributed by atoms with van der Waals surface area (Å²) in [5.41, 5.74) is 0.835. The van der Waals surface area contributed by atoms with Crippen molar-refractivity contribution >= 4 is 39.3 Å². The number of hydrogen-bond donors (Lipinski definition) is 3. The molecule has 2 aromatic heterocycles. The van der Waals surface area contributed by atoms with E-state index in [2.05, 4.69) is 15.7 Å². The summed E-state index contributed by atoms with van der Waals surface area (Å²) in [4.78, 5) is 37.3. The van der Waals surface area contributed by atoms with Crippen molar-refractivity contribution in [1.82, 2.24) is 20.4 Å². The lowest BCUT2D eigenvalue weighted by molar-refractivity contribution is -0.142. The highest BCUT2D eigenvalue weighted by Crippen LogP contribution is 2.27. The number of aromatic nitrogens is 2. The smallest absolute Gasteiger partial charge is 0.326 e. The Morgan fingerprint density at radius 3 is 2.46 bits per heavy atom. The SMILES string of the molecule is Cc1nn(C)c2sc(C(=O)NC(C)C(=O)NC(CC(C)C)C(=O)O)cc12. The number of fused-ring (bicyclic) bond motifs is 1. The van der Waals surface area contributed by atoms with E-state index in [1.807, 2.05) is 27.8 Å². The van der Waals surface area contributed by atoms with Crippen LogP contribution in [0.4, 0.5) is 0 Å². The van der Waals surface area contributed by atoms with Gasteiger partial charge in [-0.25, -0.2) is 4.79 Å². The molecule has 0 fully saturated rings.